The van der Waals surface area contributed by atoms with Crippen molar-refractivity contribution in [1.82, 2.24) is 10.2 Å². The molecule has 0 radical (unpaired) electrons. The summed E-state index contributed by atoms with van der Waals surface area (Å²) in [5, 5.41) is 5.26. The third kappa shape index (κ3) is 2.23. The van der Waals surface area contributed by atoms with Gasteiger partial charge in [0.05, 0.1) is 12.1 Å². The standard InChI is InChI=1S/C19H21N3O3S/c23-19-20-13-5-6-21(11-1-2-11)10-14(13)22(19)17-9-12-16(26-17)4-3-15-18(12)25-8-7-24-15/h3-4,9,11,13-14H,1-2,5-8,10H2,(H,20,23). The van der Waals surface area contributed by atoms with Crippen LogP contribution in [0.2, 0.25) is 0 Å². The van der Waals surface area contributed by atoms with Crippen molar-refractivity contribution in [3.05, 3.63) is 18.2 Å². The average molecular weight is 371 g/mol. The summed E-state index contributed by atoms with van der Waals surface area (Å²) in [4.78, 5) is 17.3. The third-order valence-electron chi connectivity index (χ3n) is 5.96. The molecule has 4 heterocycles. The number of carbonyl (C=O) groups excluding carboxylic acids is 1. The van der Waals surface area contributed by atoms with E-state index in [-0.39, 0.29) is 18.1 Å². The minimum atomic E-state index is 0.0373. The van der Waals surface area contributed by atoms with Crippen molar-refractivity contribution >= 4 is 32.5 Å². The van der Waals surface area contributed by atoms with E-state index in [0.717, 1.165) is 52.1 Å². The molecule has 7 heteroatoms. The number of piperidine rings is 1. The van der Waals surface area contributed by atoms with Gasteiger partial charge in [-0.2, -0.15) is 0 Å². The molecule has 26 heavy (non-hydrogen) atoms. The van der Waals surface area contributed by atoms with Crippen molar-refractivity contribution in [3.63, 3.8) is 0 Å². The lowest BCUT2D eigenvalue weighted by atomic mass is 10.00. The first-order valence-corrected chi connectivity index (χ1v) is 10.3. The molecule has 2 aromatic rings. The number of hydrogen-bond acceptors (Lipinski definition) is 5. The fraction of sp³-hybridized carbons (Fsp3) is 0.526. The van der Waals surface area contributed by atoms with Gasteiger partial charge >= 0.3 is 6.03 Å². The molecule has 6 rings (SSSR count). The first-order valence-electron chi connectivity index (χ1n) is 9.44. The quantitative estimate of drug-likeness (QED) is 0.882. The number of ether oxygens (including phenoxy) is 2. The van der Waals surface area contributed by atoms with Gasteiger partial charge in [-0.05, 0) is 37.5 Å². The number of amides is 2. The van der Waals surface area contributed by atoms with E-state index >= 15 is 0 Å². The summed E-state index contributed by atoms with van der Waals surface area (Å²) in [6.07, 6.45) is 3.66. The number of nitrogens with zero attached hydrogens (tertiary/aromatic N) is 2. The third-order valence-corrected chi connectivity index (χ3v) is 7.06. The van der Waals surface area contributed by atoms with Crippen LogP contribution in [0.3, 0.4) is 0 Å². The van der Waals surface area contributed by atoms with Crippen LogP contribution in [0.4, 0.5) is 9.80 Å². The smallest absolute Gasteiger partial charge is 0.323 e. The Balaban J connectivity index is 1.38. The SMILES string of the molecule is O=C1NC2CCN(C3CC3)CC2N1c1cc2c3c(ccc2s1)OCCO3. The Morgan fingerprint density at radius 3 is 2.92 bits per heavy atom. The Labute approximate surface area is 155 Å². The maximum Gasteiger partial charge on any atom is 0.323 e. The number of carbonyl (C=O) groups is 1. The number of urea groups is 1. The number of thiophene rings is 1. The lowest BCUT2D eigenvalue weighted by molar-refractivity contribution is 0.174. The van der Waals surface area contributed by atoms with E-state index in [1.165, 1.54) is 12.8 Å². The fourth-order valence-electron chi connectivity index (χ4n) is 4.53. The normalized spacial score (nSPS) is 28.3. The molecule has 1 aromatic heterocycles. The highest BCUT2D eigenvalue weighted by Crippen LogP contribution is 2.45. The molecule has 1 aliphatic carbocycles. The van der Waals surface area contributed by atoms with E-state index in [4.69, 9.17) is 9.47 Å². The highest BCUT2D eigenvalue weighted by atomic mass is 32.1. The van der Waals surface area contributed by atoms with Gasteiger partial charge < -0.3 is 14.8 Å². The van der Waals surface area contributed by atoms with Crippen molar-refractivity contribution in [2.24, 2.45) is 0 Å². The van der Waals surface area contributed by atoms with Crippen LogP contribution in [0.25, 0.3) is 10.1 Å². The number of anilines is 1. The highest BCUT2D eigenvalue weighted by molar-refractivity contribution is 7.23. The van der Waals surface area contributed by atoms with Crippen LogP contribution in [-0.4, -0.2) is 55.4 Å². The highest BCUT2D eigenvalue weighted by Gasteiger charge is 2.46. The summed E-state index contributed by atoms with van der Waals surface area (Å²) in [6, 6.07) is 7.41. The van der Waals surface area contributed by atoms with Gasteiger partial charge in [-0.3, -0.25) is 9.80 Å². The van der Waals surface area contributed by atoms with Crippen LogP contribution in [0, 0.1) is 0 Å². The number of rotatable bonds is 2. The zero-order valence-electron chi connectivity index (χ0n) is 14.4. The Morgan fingerprint density at radius 1 is 1.15 bits per heavy atom. The van der Waals surface area contributed by atoms with Crippen LogP contribution in [0.15, 0.2) is 18.2 Å². The summed E-state index contributed by atoms with van der Waals surface area (Å²) in [5.41, 5.74) is 0. The minimum Gasteiger partial charge on any atom is -0.486 e. The van der Waals surface area contributed by atoms with E-state index in [1.807, 2.05) is 11.0 Å². The van der Waals surface area contributed by atoms with Gasteiger partial charge in [0.15, 0.2) is 11.5 Å². The second-order valence-corrected chi connectivity index (χ2v) is 8.66. The summed E-state index contributed by atoms with van der Waals surface area (Å²) < 4.78 is 12.7. The molecule has 6 nitrogen and oxygen atoms in total. The lowest BCUT2D eigenvalue weighted by Gasteiger charge is -2.36. The van der Waals surface area contributed by atoms with E-state index in [9.17, 15) is 4.79 Å². The van der Waals surface area contributed by atoms with Gasteiger partial charge in [0.25, 0.3) is 0 Å². The topological polar surface area (TPSA) is 54.0 Å². The zero-order valence-corrected chi connectivity index (χ0v) is 15.3. The van der Waals surface area contributed by atoms with Gasteiger partial charge in [0, 0.05) is 29.2 Å². The second-order valence-electron chi connectivity index (χ2n) is 7.59. The van der Waals surface area contributed by atoms with Crippen LogP contribution < -0.4 is 19.7 Å². The van der Waals surface area contributed by atoms with Gasteiger partial charge in [-0.15, -0.1) is 11.3 Å². The second kappa shape index (κ2) is 5.50. The molecular weight excluding hydrogens is 350 g/mol. The van der Waals surface area contributed by atoms with Gasteiger partial charge in [0.1, 0.15) is 18.2 Å². The molecule has 1 N–H and O–H groups in total. The van der Waals surface area contributed by atoms with Gasteiger partial charge in [-0.25, -0.2) is 4.79 Å². The van der Waals surface area contributed by atoms with Gasteiger partial charge in [0.2, 0.25) is 0 Å². The van der Waals surface area contributed by atoms with Crippen molar-refractivity contribution in [2.45, 2.75) is 37.4 Å². The monoisotopic (exact) mass is 371 g/mol. The molecule has 1 saturated carbocycles. The van der Waals surface area contributed by atoms with Gasteiger partial charge in [-0.1, -0.05) is 0 Å². The molecule has 3 aliphatic heterocycles. The molecule has 2 saturated heterocycles. The average Bonchev–Trinajstić information content (AvgIpc) is 3.33. The molecular formula is C19H21N3O3S. The number of fused-ring (bicyclic) bond motifs is 4. The fourth-order valence-corrected chi connectivity index (χ4v) is 5.65. The zero-order chi connectivity index (χ0) is 17.3. The summed E-state index contributed by atoms with van der Waals surface area (Å²) in [7, 11) is 0. The predicted octanol–water partition coefficient (Wildman–Crippen LogP) is 2.81. The van der Waals surface area contributed by atoms with E-state index in [1.54, 1.807) is 11.3 Å². The summed E-state index contributed by atoms with van der Waals surface area (Å²) in [5.74, 6) is 1.62. The number of hydrogen-bond donors (Lipinski definition) is 1. The molecule has 3 fully saturated rings. The number of benzene rings is 1. The van der Waals surface area contributed by atoms with Crippen molar-refractivity contribution < 1.29 is 14.3 Å². The molecule has 2 unspecified atom stereocenters. The molecule has 0 spiro atoms. The maximum atomic E-state index is 12.7. The largest absolute Gasteiger partial charge is 0.486 e. The first-order chi connectivity index (χ1) is 12.8. The van der Waals surface area contributed by atoms with E-state index in [2.05, 4.69) is 22.3 Å². The Morgan fingerprint density at radius 2 is 2.04 bits per heavy atom. The Hall–Kier alpha value is -1.99. The van der Waals surface area contributed by atoms with E-state index in [0.29, 0.717) is 13.2 Å². The van der Waals surface area contributed by atoms with Crippen molar-refractivity contribution in [1.29, 1.82) is 0 Å². The number of nitrogens with one attached hydrogen (secondary N) is 1. The Bertz CT molecular complexity index is 894. The number of likely N-dealkylation sites (tertiary alicyclic amines) is 1. The minimum absolute atomic E-state index is 0.0373. The predicted molar refractivity (Wildman–Crippen MR) is 101 cm³/mol. The van der Waals surface area contributed by atoms with Crippen LogP contribution in [0.5, 0.6) is 11.5 Å². The van der Waals surface area contributed by atoms with E-state index < -0.39 is 0 Å². The van der Waals surface area contributed by atoms with Crippen LogP contribution in [-0.2, 0) is 0 Å². The lowest BCUT2D eigenvalue weighted by Crippen LogP contribution is -2.52. The first kappa shape index (κ1) is 15.1. The summed E-state index contributed by atoms with van der Waals surface area (Å²) in [6.45, 7) is 3.23. The van der Waals surface area contributed by atoms with Crippen molar-refractivity contribution in [3.8, 4) is 11.5 Å². The molecule has 136 valence electrons. The molecule has 0 bridgehead atoms. The Kier molecular flexibility index (Phi) is 3.20. The van der Waals surface area contributed by atoms with Crippen LogP contribution >= 0.6 is 11.3 Å². The summed E-state index contributed by atoms with van der Waals surface area (Å²) >= 11 is 1.66. The molecule has 2 amide bonds. The van der Waals surface area contributed by atoms with Crippen LogP contribution in [0.1, 0.15) is 19.3 Å². The molecule has 2 atom stereocenters. The molecule has 4 aliphatic rings. The van der Waals surface area contributed by atoms with Crippen molar-refractivity contribution in [2.75, 3.05) is 31.2 Å². The molecule has 1 aromatic carbocycles. The maximum absolute atomic E-state index is 12.7.